The molecule has 0 radical (unpaired) electrons. The highest BCUT2D eigenvalue weighted by Gasteiger charge is 2.33. The number of benzene rings is 2. The number of nitrogens with zero attached hydrogens (tertiary/aromatic N) is 1. The van der Waals surface area contributed by atoms with E-state index in [0.29, 0.717) is 31.7 Å². The zero-order valence-electron chi connectivity index (χ0n) is 17.4. The van der Waals surface area contributed by atoms with Gasteiger partial charge in [0.05, 0.1) is 7.11 Å². The van der Waals surface area contributed by atoms with Gasteiger partial charge in [-0.25, -0.2) is 8.42 Å². The van der Waals surface area contributed by atoms with E-state index in [2.05, 4.69) is 5.32 Å². The number of nitrogens with one attached hydrogen (secondary N) is 1. The molecule has 2 aromatic carbocycles. The number of aryl methyl sites for hydroxylation is 3. The van der Waals surface area contributed by atoms with Crippen LogP contribution in [0.4, 0.5) is 5.69 Å². The molecule has 0 aromatic heterocycles. The summed E-state index contributed by atoms with van der Waals surface area (Å²) in [6, 6.07) is 11.0. The molecular formula is C22H28N2O4S. The Hall–Kier alpha value is -2.38. The Balaban J connectivity index is 1.67. The number of ether oxygens (including phenoxy) is 1. The normalized spacial score (nSPS) is 15.9. The van der Waals surface area contributed by atoms with Gasteiger partial charge >= 0.3 is 0 Å². The van der Waals surface area contributed by atoms with Gasteiger partial charge in [-0.2, -0.15) is 4.31 Å². The van der Waals surface area contributed by atoms with Crippen LogP contribution in [0.15, 0.2) is 41.3 Å². The van der Waals surface area contributed by atoms with Crippen molar-refractivity contribution in [2.75, 3.05) is 25.5 Å². The van der Waals surface area contributed by atoms with E-state index in [-0.39, 0.29) is 16.7 Å². The first kappa shape index (κ1) is 21.3. The first-order valence-electron chi connectivity index (χ1n) is 9.75. The Morgan fingerprint density at radius 3 is 2.34 bits per heavy atom. The molecule has 0 unspecified atom stereocenters. The van der Waals surface area contributed by atoms with Crippen molar-refractivity contribution < 1.29 is 17.9 Å². The molecule has 7 heteroatoms. The maximum absolute atomic E-state index is 13.1. The Bertz CT molecular complexity index is 1010. The van der Waals surface area contributed by atoms with Gasteiger partial charge in [0.2, 0.25) is 15.9 Å². The molecule has 1 heterocycles. The third-order valence-electron chi connectivity index (χ3n) is 5.54. The van der Waals surface area contributed by atoms with E-state index < -0.39 is 10.0 Å². The van der Waals surface area contributed by atoms with Crippen molar-refractivity contribution in [3.8, 4) is 5.75 Å². The van der Waals surface area contributed by atoms with Crippen LogP contribution >= 0.6 is 0 Å². The van der Waals surface area contributed by atoms with Crippen LogP contribution < -0.4 is 10.1 Å². The van der Waals surface area contributed by atoms with Crippen molar-refractivity contribution in [3.05, 3.63) is 53.1 Å². The van der Waals surface area contributed by atoms with Crippen LogP contribution in [0.2, 0.25) is 0 Å². The number of hydrogen-bond acceptors (Lipinski definition) is 4. The van der Waals surface area contributed by atoms with Crippen LogP contribution in [0.3, 0.4) is 0 Å². The average molecular weight is 417 g/mol. The number of piperidine rings is 1. The summed E-state index contributed by atoms with van der Waals surface area (Å²) < 4.78 is 32.9. The number of hydrogen-bond donors (Lipinski definition) is 1. The van der Waals surface area contributed by atoms with Gasteiger partial charge in [0, 0.05) is 24.7 Å². The van der Waals surface area contributed by atoms with Crippen molar-refractivity contribution >= 4 is 21.6 Å². The van der Waals surface area contributed by atoms with Gasteiger partial charge in [-0.3, -0.25) is 4.79 Å². The third-order valence-corrected chi connectivity index (χ3v) is 7.46. The molecule has 1 saturated heterocycles. The quantitative estimate of drug-likeness (QED) is 0.807. The zero-order valence-corrected chi connectivity index (χ0v) is 18.2. The molecule has 0 spiro atoms. The van der Waals surface area contributed by atoms with Gasteiger partial charge in [-0.1, -0.05) is 12.1 Å². The second-order valence-electron chi connectivity index (χ2n) is 7.62. The smallest absolute Gasteiger partial charge is 0.246 e. The molecule has 29 heavy (non-hydrogen) atoms. The van der Waals surface area contributed by atoms with Gasteiger partial charge in [-0.15, -0.1) is 0 Å². The average Bonchev–Trinajstić information content (AvgIpc) is 2.70. The lowest BCUT2D eigenvalue weighted by atomic mass is 9.97. The molecule has 0 bridgehead atoms. The van der Waals surface area contributed by atoms with E-state index in [1.165, 1.54) is 17.0 Å². The van der Waals surface area contributed by atoms with Crippen molar-refractivity contribution in [2.24, 2.45) is 5.92 Å². The first-order chi connectivity index (χ1) is 13.7. The van der Waals surface area contributed by atoms with E-state index in [9.17, 15) is 13.2 Å². The lowest BCUT2D eigenvalue weighted by molar-refractivity contribution is -0.120. The summed E-state index contributed by atoms with van der Waals surface area (Å²) in [6.45, 7) is 6.50. The molecule has 1 N–H and O–H groups in total. The minimum absolute atomic E-state index is 0.0570. The van der Waals surface area contributed by atoms with Gasteiger partial charge in [0.25, 0.3) is 0 Å². The SMILES string of the molecule is COc1ccc(C)cc1S(=O)(=O)N1CCC(C(=O)Nc2ccc(C)c(C)c2)CC1. The summed E-state index contributed by atoms with van der Waals surface area (Å²) in [5, 5.41) is 2.96. The molecule has 156 valence electrons. The first-order valence-corrected chi connectivity index (χ1v) is 11.2. The Morgan fingerprint density at radius 1 is 1.03 bits per heavy atom. The summed E-state index contributed by atoms with van der Waals surface area (Å²) in [5.74, 6) is 0.0751. The summed E-state index contributed by atoms with van der Waals surface area (Å²) >= 11 is 0. The van der Waals surface area contributed by atoms with Crippen molar-refractivity contribution in [3.63, 3.8) is 0 Å². The molecule has 1 fully saturated rings. The maximum atomic E-state index is 13.1. The summed E-state index contributed by atoms with van der Waals surface area (Å²) in [7, 11) is -2.20. The molecule has 2 aromatic rings. The number of anilines is 1. The topological polar surface area (TPSA) is 75.7 Å². The lowest BCUT2D eigenvalue weighted by Crippen LogP contribution is -2.41. The molecular weight excluding hydrogens is 388 g/mol. The van der Waals surface area contributed by atoms with E-state index in [1.807, 2.05) is 45.0 Å². The molecule has 1 amide bonds. The highest BCUT2D eigenvalue weighted by Crippen LogP contribution is 2.31. The van der Waals surface area contributed by atoms with Crippen LogP contribution in [0.5, 0.6) is 5.75 Å². The second kappa shape index (κ2) is 8.55. The number of rotatable bonds is 5. The van der Waals surface area contributed by atoms with Gasteiger partial charge < -0.3 is 10.1 Å². The predicted molar refractivity (Wildman–Crippen MR) is 114 cm³/mol. The van der Waals surface area contributed by atoms with Gasteiger partial charge in [-0.05, 0) is 74.6 Å². The number of carbonyl (C=O) groups excluding carboxylic acids is 1. The molecule has 1 aliphatic heterocycles. The molecule has 3 rings (SSSR count). The van der Waals surface area contributed by atoms with Crippen molar-refractivity contribution in [2.45, 2.75) is 38.5 Å². The maximum Gasteiger partial charge on any atom is 0.246 e. The number of sulfonamides is 1. The predicted octanol–water partition coefficient (Wildman–Crippen LogP) is 3.66. The van der Waals surface area contributed by atoms with Crippen LogP contribution in [-0.4, -0.2) is 38.8 Å². The standard InChI is InChI=1S/C22H28N2O4S/c1-15-5-8-20(28-4)21(13-15)29(26,27)24-11-9-18(10-12-24)22(25)23-19-7-6-16(2)17(3)14-19/h5-8,13-14,18H,9-12H2,1-4H3,(H,23,25). The van der Waals surface area contributed by atoms with Crippen LogP contribution in [0, 0.1) is 26.7 Å². The summed E-state index contributed by atoms with van der Waals surface area (Å²) in [4.78, 5) is 12.8. The Kier molecular flexibility index (Phi) is 6.29. The minimum Gasteiger partial charge on any atom is -0.495 e. The van der Waals surface area contributed by atoms with E-state index in [4.69, 9.17) is 4.74 Å². The fraction of sp³-hybridized carbons (Fsp3) is 0.409. The van der Waals surface area contributed by atoms with Crippen molar-refractivity contribution in [1.82, 2.24) is 4.31 Å². The molecule has 1 aliphatic rings. The van der Waals surface area contributed by atoms with E-state index in [0.717, 1.165) is 16.8 Å². The van der Waals surface area contributed by atoms with Crippen LogP contribution in [0.25, 0.3) is 0 Å². The van der Waals surface area contributed by atoms with Gasteiger partial charge in [0.15, 0.2) is 0 Å². The molecule has 0 saturated carbocycles. The second-order valence-corrected chi connectivity index (χ2v) is 9.53. The van der Waals surface area contributed by atoms with E-state index >= 15 is 0 Å². The summed E-state index contributed by atoms with van der Waals surface area (Å²) in [5.41, 5.74) is 3.92. The summed E-state index contributed by atoms with van der Waals surface area (Å²) in [6.07, 6.45) is 0.980. The monoisotopic (exact) mass is 416 g/mol. The number of methoxy groups -OCH3 is 1. The van der Waals surface area contributed by atoms with Crippen LogP contribution in [0.1, 0.15) is 29.5 Å². The Morgan fingerprint density at radius 2 is 1.72 bits per heavy atom. The zero-order chi connectivity index (χ0) is 21.2. The molecule has 6 nitrogen and oxygen atoms in total. The number of carbonyl (C=O) groups is 1. The largest absolute Gasteiger partial charge is 0.495 e. The van der Waals surface area contributed by atoms with E-state index in [1.54, 1.807) is 12.1 Å². The molecule has 0 aliphatic carbocycles. The number of amides is 1. The minimum atomic E-state index is -3.67. The lowest BCUT2D eigenvalue weighted by Gasteiger charge is -2.31. The van der Waals surface area contributed by atoms with Gasteiger partial charge in [0.1, 0.15) is 10.6 Å². The third kappa shape index (κ3) is 4.62. The highest BCUT2D eigenvalue weighted by molar-refractivity contribution is 7.89. The fourth-order valence-corrected chi connectivity index (χ4v) is 5.26. The van der Waals surface area contributed by atoms with Crippen molar-refractivity contribution in [1.29, 1.82) is 0 Å². The molecule has 0 atom stereocenters. The van der Waals surface area contributed by atoms with Crippen LogP contribution in [-0.2, 0) is 14.8 Å². The highest BCUT2D eigenvalue weighted by atomic mass is 32.2. The fourth-order valence-electron chi connectivity index (χ4n) is 3.55. The Labute approximate surface area is 172 Å².